The number of hydrogen-bond acceptors (Lipinski definition) is 2. The molecule has 1 rings (SSSR count). The molecular weight excluding hydrogens is 340 g/mol. The first kappa shape index (κ1) is 17.3. The van der Waals surface area contributed by atoms with E-state index in [0.717, 1.165) is 22.1 Å². The molecule has 0 heterocycles. The van der Waals surface area contributed by atoms with Gasteiger partial charge in [0.2, 0.25) is 5.91 Å². The monoisotopic (exact) mass is 360 g/mol. The Morgan fingerprint density at radius 3 is 2.60 bits per heavy atom. The van der Waals surface area contributed by atoms with Crippen LogP contribution in [0.25, 0.3) is 0 Å². The van der Waals surface area contributed by atoms with E-state index in [4.69, 9.17) is 11.6 Å². The minimum Gasteiger partial charge on any atom is -0.373 e. The summed E-state index contributed by atoms with van der Waals surface area (Å²) >= 11 is 9.60. The maximum Gasteiger partial charge on any atom is 0.242 e. The molecule has 1 amide bonds. The van der Waals surface area contributed by atoms with Crippen molar-refractivity contribution in [2.75, 3.05) is 5.32 Å². The van der Waals surface area contributed by atoms with Crippen molar-refractivity contribution >= 4 is 39.1 Å². The molecule has 0 aromatic heterocycles. The van der Waals surface area contributed by atoms with Crippen molar-refractivity contribution in [1.82, 2.24) is 5.32 Å². The Hall–Kier alpha value is -0.740. The zero-order chi connectivity index (χ0) is 15.5. The molecule has 1 aromatic carbocycles. The van der Waals surface area contributed by atoms with Crippen LogP contribution in [0.4, 0.5) is 5.69 Å². The molecule has 5 heteroatoms. The molecule has 0 saturated heterocycles. The third-order valence-corrected chi connectivity index (χ3v) is 4.42. The quantitative estimate of drug-likeness (QED) is 0.810. The average molecular weight is 362 g/mol. The molecule has 0 spiro atoms. The number of carbonyl (C=O) groups is 1. The van der Waals surface area contributed by atoms with Gasteiger partial charge >= 0.3 is 0 Å². The van der Waals surface area contributed by atoms with Crippen LogP contribution in [-0.2, 0) is 4.79 Å². The minimum atomic E-state index is -0.337. The molecule has 0 aliphatic heterocycles. The van der Waals surface area contributed by atoms with Gasteiger partial charge in [0, 0.05) is 15.0 Å². The van der Waals surface area contributed by atoms with Gasteiger partial charge in [-0.2, -0.15) is 0 Å². The summed E-state index contributed by atoms with van der Waals surface area (Å²) in [7, 11) is 0. The van der Waals surface area contributed by atoms with Gasteiger partial charge in [-0.3, -0.25) is 4.79 Å². The smallest absolute Gasteiger partial charge is 0.242 e. The first-order chi connectivity index (χ1) is 9.16. The van der Waals surface area contributed by atoms with Crippen molar-refractivity contribution in [2.24, 2.45) is 0 Å². The molecule has 20 heavy (non-hydrogen) atoms. The average Bonchev–Trinajstić information content (AvgIpc) is 2.35. The molecule has 2 N–H and O–H groups in total. The Bertz CT molecular complexity index is 503. The van der Waals surface area contributed by atoms with Crippen LogP contribution in [-0.4, -0.2) is 17.5 Å². The minimum absolute atomic E-state index is 0.0274. The number of aryl methyl sites for hydroxylation is 1. The summed E-state index contributed by atoms with van der Waals surface area (Å²) in [5, 5.41) is 6.88. The van der Waals surface area contributed by atoms with Crippen molar-refractivity contribution in [1.29, 1.82) is 0 Å². The number of halogens is 2. The number of hydrogen-bond donors (Lipinski definition) is 2. The Labute approximate surface area is 134 Å². The van der Waals surface area contributed by atoms with E-state index in [1.807, 2.05) is 39.8 Å². The predicted molar refractivity (Wildman–Crippen MR) is 89.5 cm³/mol. The van der Waals surface area contributed by atoms with E-state index >= 15 is 0 Å². The van der Waals surface area contributed by atoms with Crippen LogP contribution in [0, 0.1) is 6.92 Å². The molecular formula is C15H22BrClN2O. The van der Waals surface area contributed by atoms with Crippen molar-refractivity contribution in [2.45, 2.75) is 52.6 Å². The molecule has 0 fully saturated rings. The van der Waals surface area contributed by atoms with E-state index in [-0.39, 0.29) is 17.5 Å². The predicted octanol–water partition coefficient (Wildman–Crippen LogP) is 4.52. The van der Waals surface area contributed by atoms with Crippen LogP contribution in [0.1, 0.15) is 39.7 Å². The molecule has 0 aliphatic rings. The maximum absolute atomic E-state index is 12.2. The molecule has 3 nitrogen and oxygen atoms in total. The van der Waals surface area contributed by atoms with Crippen LogP contribution in [0.2, 0.25) is 5.02 Å². The molecule has 1 aromatic rings. The van der Waals surface area contributed by atoms with Gasteiger partial charge in [-0.15, -0.1) is 0 Å². The number of benzene rings is 1. The highest BCUT2D eigenvalue weighted by Crippen LogP contribution is 2.29. The topological polar surface area (TPSA) is 41.1 Å². The summed E-state index contributed by atoms with van der Waals surface area (Å²) in [6.07, 6.45) is 0.880. The first-order valence-electron chi connectivity index (χ1n) is 6.70. The number of anilines is 1. The molecule has 0 bridgehead atoms. The molecule has 112 valence electrons. The van der Waals surface area contributed by atoms with Crippen molar-refractivity contribution < 1.29 is 4.79 Å². The van der Waals surface area contributed by atoms with Gasteiger partial charge in [0.15, 0.2) is 0 Å². The number of rotatable bonds is 5. The molecule has 1 unspecified atom stereocenters. The summed E-state index contributed by atoms with van der Waals surface area (Å²) < 4.78 is 0.897. The third-order valence-electron chi connectivity index (χ3n) is 3.36. The summed E-state index contributed by atoms with van der Waals surface area (Å²) in [5.74, 6) is -0.0274. The van der Waals surface area contributed by atoms with Crippen LogP contribution in [0.5, 0.6) is 0 Å². The normalized spacial score (nSPS) is 12.9. The summed E-state index contributed by atoms with van der Waals surface area (Å²) in [6.45, 7) is 9.85. The highest BCUT2D eigenvalue weighted by Gasteiger charge is 2.22. The van der Waals surface area contributed by atoms with Gasteiger partial charge in [0.25, 0.3) is 0 Å². The Morgan fingerprint density at radius 2 is 2.05 bits per heavy atom. The van der Waals surface area contributed by atoms with Crippen LogP contribution in [0.15, 0.2) is 16.6 Å². The first-order valence-corrected chi connectivity index (χ1v) is 7.87. The van der Waals surface area contributed by atoms with Crippen molar-refractivity contribution in [3.63, 3.8) is 0 Å². The molecule has 0 saturated carbocycles. The fraction of sp³-hybridized carbons (Fsp3) is 0.533. The Kier molecular flexibility index (Phi) is 5.90. The van der Waals surface area contributed by atoms with Crippen molar-refractivity contribution in [3.05, 3.63) is 27.2 Å². The number of carbonyl (C=O) groups excluding carboxylic acids is 1. The Morgan fingerprint density at radius 1 is 1.45 bits per heavy atom. The zero-order valence-electron chi connectivity index (χ0n) is 12.6. The van der Waals surface area contributed by atoms with Gasteiger partial charge in [0.1, 0.15) is 6.04 Å². The lowest BCUT2D eigenvalue weighted by molar-refractivity contribution is -0.123. The largest absolute Gasteiger partial charge is 0.373 e. The summed E-state index contributed by atoms with van der Waals surface area (Å²) in [6, 6.07) is 3.43. The fourth-order valence-corrected chi connectivity index (χ4v) is 2.32. The molecule has 1 atom stereocenters. The fourth-order valence-electron chi connectivity index (χ4n) is 1.59. The second kappa shape index (κ2) is 6.81. The lowest BCUT2D eigenvalue weighted by Crippen LogP contribution is -2.48. The number of nitrogens with one attached hydrogen (secondary N) is 2. The van der Waals surface area contributed by atoms with Crippen LogP contribution >= 0.6 is 27.5 Å². The van der Waals surface area contributed by atoms with Gasteiger partial charge in [-0.1, -0.05) is 18.5 Å². The molecule has 0 radical (unpaired) electrons. The van der Waals surface area contributed by atoms with Crippen molar-refractivity contribution in [3.8, 4) is 0 Å². The van der Waals surface area contributed by atoms with E-state index in [2.05, 4.69) is 33.5 Å². The maximum atomic E-state index is 12.2. The van der Waals surface area contributed by atoms with E-state index in [9.17, 15) is 4.79 Å². The standard InChI is InChI=1S/C15H22BrClN2O/c1-6-15(4,5)19-14(20)10(3)18-13-8-12(17)9(2)7-11(13)16/h7-8,10,18H,6H2,1-5H3,(H,19,20). The zero-order valence-corrected chi connectivity index (χ0v) is 14.9. The van der Waals surface area contributed by atoms with Gasteiger partial charge in [-0.05, 0) is 67.7 Å². The van der Waals surface area contributed by atoms with Gasteiger partial charge in [-0.25, -0.2) is 0 Å². The number of amides is 1. The summed E-state index contributed by atoms with van der Waals surface area (Å²) in [5.41, 5.74) is 1.61. The van der Waals surface area contributed by atoms with E-state index < -0.39 is 0 Å². The van der Waals surface area contributed by atoms with E-state index in [1.165, 1.54) is 0 Å². The lowest BCUT2D eigenvalue weighted by atomic mass is 10.0. The van der Waals surface area contributed by atoms with E-state index in [1.54, 1.807) is 0 Å². The second-order valence-electron chi connectivity index (χ2n) is 5.67. The van der Waals surface area contributed by atoms with Crippen LogP contribution < -0.4 is 10.6 Å². The molecule has 0 aliphatic carbocycles. The second-order valence-corrected chi connectivity index (χ2v) is 6.94. The summed E-state index contributed by atoms with van der Waals surface area (Å²) in [4.78, 5) is 12.2. The SMILES string of the molecule is CCC(C)(C)NC(=O)C(C)Nc1cc(Cl)c(C)cc1Br. The van der Waals surface area contributed by atoms with E-state index in [0.29, 0.717) is 5.02 Å². The highest BCUT2D eigenvalue weighted by atomic mass is 79.9. The Balaban J connectivity index is 2.78. The van der Waals surface area contributed by atoms with Gasteiger partial charge < -0.3 is 10.6 Å². The van der Waals surface area contributed by atoms with Crippen LogP contribution in [0.3, 0.4) is 0 Å². The lowest BCUT2D eigenvalue weighted by Gasteiger charge is -2.27. The third kappa shape index (κ3) is 4.67. The highest BCUT2D eigenvalue weighted by molar-refractivity contribution is 9.10. The van der Waals surface area contributed by atoms with Gasteiger partial charge in [0.05, 0.1) is 5.69 Å².